The number of carboxylic acid groups (broad SMARTS) is 1. The number of amides is 1. The maximum absolute atomic E-state index is 10.4. The van der Waals surface area contributed by atoms with Crippen molar-refractivity contribution in [3.63, 3.8) is 0 Å². The number of rotatable bonds is 7. The third-order valence-corrected chi connectivity index (χ3v) is 3.64. The number of hydrogen-bond acceptors (Lipinski definition) is 3. The second-order valence-electron chi connectivity index (χ2n) is 5.55. The molecule has 1 atom stereocenters. The van der Waals surface area contributed by atoms with Crippen LogP contribution in [0.5, 0.6) is 11.5 Å². The third kappa shape index (κ3) is 5.53. The molecule has 1 unspecified atom stereocenters. The van der Waals surface area contributed by atoms with E-state index < -0.39 is 6.09 Å². The lowest BCUT2D eigenvalue weighted by Crippen LogP contribution is -2.32. The van der Waals surface area contributed by atoms with E-state index in [0.29, 0.717) is 11.7 Å². The highest BCUT2D eigenvalue weighted by Gasteiger charge is 2.15. The SMILES string of the molecule is CC(CNC(=O)O)Oc1cccc(OCC2CCCC2)c1. The molecule has 0 aliphatic heterocycles. The largest absolute Gasteiger partial charge is 0.493 e. The molecule has 1 fully saturated rings. The van der Waals surface area contributed by atoms with Crippen LogP contribution >= 0.6 is 0 Å². The predicted molar refractivity (Wildman–Crippen MR) is 80.0 cm³/mol. The summed E-state index contributed by atoms with van der Waals surface area (Å²) in [7, 11) is 0. The van der Waals surface area contributed by atoms with Crippen LogP contribution in [0.2, 0.25) is 0 Å². The van der Waals surface area contributed by atoms with Crippen LogP contribution in [0.4, 0.5) is 4.79 Å². The molecule has 1 saturated carbocycles. The average molecular weight is 293 g/mol. The highest BCUT2D eigenvalue weighted by atomic mass is 16.5. The summed E-state index contributed by atoms with van der Waals surface area (Å²) >= 11 is 0. The van der Waals surface area contributed by atoms with Gasteiger partial charge in [0.15, 0.2) is 0 Å². The minimum Gasteiger partial charge on any atom is -0.493 e. The van der Waals surface area contributed by atoms with E-state index in [4.69, 9.17) is 14.6 Å². The molecule has 0 saturated heterocycles. The van der Waals surface area contributed by atoms with E-state index in [-0.39, 0.29) is 12.6 Å². The highest BCUT2D eigenvalue weighted by molar-refractivity contribution is 5.64. The van der Waals surface area contributed by atoms with E-state index in [9.17, 15) is 4.79 Å². The zero-order valence-electron chi connectivity index (χ0n) is 12.4. The van der Waals surface area contributed by atoms with Gasteiger partial charge in [0, 0.05) is 6.07 Å². The minimum atomic E-state index is -1.04. The Morgan fingerprint density at radius 3 is 2.81 bits per heavy atom. The lowest BCUT2D eigenvalue weighted by atomic mass is 10.1. The molecule has 0 bridgehead atoms. The number of ether oxygens (including phenoxy) is 2. The van der Waals surface area contributed by atoms with Gasteiger partial charge >= 0.3 is 6.09 Å². The Kier molecular flexibility index (Phi) is 5.72. The molecule has 2 rings (SSSR count). The van der Waals surface area contributed by atoms with Crippen LogP contribution in [0.3, 0.4) is 0 Å². The summed E-state index contributed by atoms with van der Waals surface area (Å²) in [5.41, 5.74) is 0. The molecule has 21 heavy (non-hydrogen) atoms. The van der Waals surface area contributed by atoms with Gasteiger partial charge in [-0.05, 0) is 37.8 Å². The molecule has 116 valence electrons. The van der Waals surface area contributed by atoms with Gasteiger partial charge < -0.3 is 19.9 Å². The first-order chi connectivity index (χ1) is 10.1. The second-order valence-corrected chi connectivity index (χ2v) is 5.55. The summed E-state index contributed by atoms with van der Waals surface area (Å²) in [4.78, 5) is 10.4. The number of benzene rings is 1. The predicted octanol–water partition coefficient (Wildman–Crippen LogP) is 3.29. The van der Waals surface area contributed by atoms with Crippen molar-refractivity contribution in [1.29, 1.82) is 0 Å². The standard InChI is InChI=1S/C16H23NO4/c1-12(10-17-16(18)19)21-15-8-4-7-14(9-15)20-11-13-5-2-3-6-13/h4,7-9,12-13,17H,2-3,5-6,10-11H2,1H3,(H,18,19). The van der Waals surface area contributed by atoms with E-state index in [1.165, 1.54) is 25.7 Å². The van der Waals surface area contributed by atoms with Gasteiger partial charge in [0.25, 0.3) is 0 Å². The fraction of sp³-hybridized carbons (Fsp3) is 0.562. The van der Waals surface area contributed by atoms with Crippen molar-refractivity contribution in [2.45, 2.75) is 38.7 Å². The summed E-state index contributed by atoms with van der Waals surface area (Å²) < 4.78 is 11.5. The third-order valence-electron chi connectivity index (χ3n) is 3.64. The molecule has 1 aromatic rings. The summed E-state index contributed by atoms with van der Waals surface area (Å²) in [5.74, 6) is 2.17. The average Bonchev–Trinajstić information content (AvgIpc) is 2.97. The van der Waals surface area contributed by atoms with E-state index in [0.717, 1.165) is 12.4 Å². The molecule has 0 heterocycles. The molecule has 0 radical (unpaired) electrons. The minimum absolute atomic E-state index is 0.230. The molecule has 0 aromatic heterocycles. The van der Waals surface area contributed by atoms with Crippen LogP contribution in [0.15, 0.2) is 24.3 Å². The van der Waals surface area contributed by atoms with Crippen LogP contribution in [0.1, 0.15) is 32.6 Å². The van der Waals surface area contributed by atoms with Crippen molar-refractivity contribution in [2.24, 2.45) is 5.92 Å². The number of hydrogen-bond donors (Lipinski definition) is 2. The van der Waals surface area contributed by atoms with Crippen molar-refractivity contribution in [3.05, 3.63) is 24.3 Å². The summed E-state index contributed by atoms with van der Waals surface area (Å²) in [6.45, 7) is 2.84. The zero-order valence-corrected chi connectivity index (χ0v) is 12.4. The van der Waals surface area contributed by atoms with Crippen molar-refractivity contribution in [2.75, 3.05) is 13.2 Å². The van der Waals surface area contributed by atoms with Gasteiger partial charge in [-0.3, -0.25) is 0 Å². The molecule has 1 aliphatic carbocycles. The van der Waals surface area contributed by atoms with Gasteiger partial charge in [-0.25, -0.2) is 4.79 Å². The Balaban J connectivity index is 1.80. The van der Waals surface area contributed by atoms with Crippen LogP contribution in [0, 0.1) is 5.92 Å². The van der Waals surface area contributed by atoms with Gasteiger partial charge in [0.2, 0.25) is 0 Å². The maximum atomic E-state index is 10.4. The van der Waals surface area contributed by atoms with E-state index in [1.807, 2.05) is 31.2 Å². The van der Waals surface area contributed by atoms with Gasteiger partial charge in [0.05, 0.1) is 13.2 Å². The summed E-state index contributed by atoms with van der Waals surface area (Å²) in [6, 6.07) is 7.50. The normalized spacial score (nSPS) is 16.4. The van der Waals surface area contributed by atoms with Crippen LogP contribution in [-0.2, 0) is 0 Å². The molecular formula is C16H23NO4. The zero-order chi connectivity index (χ0) is 15.1. The van der Waals surface area contributed by atoms with Gasteiger partial charge in [-0.2, -0.15) is 0 Å². The van der Waals surface area contributed by atoms with Gasteiger partial charge in [0.1, 0.15) is 17.6 Å². The first-order valence-corrected chi connectivity index (χ1v) is 7.50. The Labute approximate surface area is 125 Å². The first-order valence-electron chi connectivity index (χ1n) is 7.50. The van der Waals surface area contributed by atoms with Crippen LogP contribution < -0.4 is 14.8 Å². The number of nitrogens with one attached hydrogen (secondary N) is 1. The molecule has 1 amide bonds. The monoisotopic (exact) mass is 293 g/mol. The quantitative estimate of drug-likeness (QED) is 0.809. The Bertz CT molecular complexity index is 457. The second kappa shape index (κ2) is 7.76. The molecular weight excluding hydrogens is 270 g/mol. The van der Waals surface area contributed by atoms with Crippen molar-refractivity contribution in [1.82, 2.24) is 5.32 Å². The molecule has 0 spiro atoms. The van der Waals surface area contributed by atoms with Crippen molar-refractivity contribution in [3.8, 4) is 11.5 Å². The fourth-order valence-corrected chi connectivity index (χ4v) is 2.53. The van der Waals surface area contributed by atoms with E-state index in [1.54, 1.807) is 0 Å². The summed E-state index contributed by atoms with van der Waals surface area (Å²) in [5, 5.41) is 10.9. The topological polar surface area (TPSA) is 67.8 Å². The lowest BCUT2D eigenvalue weighted by molar-refractivity contribution is 0.178. The fourth-order valence-electron chi connectivity index (χ4n) is 2.53. The van der Waals surface area contributed by atoms with E-state index >= 15 is 0 Å². The highest BCUT2D eigenvalue weighted by Crippen LogP contribution is 2.26. The Morgan fingerprint density at radius 1 is 1.38 bits per heavy atom. The Morgan fingerprint density at radius 2 is 2.10 bits per heavy atom. The van der Waals surface area contributed by atoms with Crippen molar-refractivity contribution < 1.29 is 19.4 Å². The first kappa shape index (κ1) is 15.5. The lowest BCUT2D eigenvalue weighted by Gasteiger charge is -2.16. The summed E-state index contributed by atoms with van der Waals surface area (Å²) in [6.07, 6.45) is 3.86. The maximum Gasteiger partial charge on any atom is 0.404 e. The molecule has 2 N–H and O–H groups in total. The van der Waals surface area contributed by atoms with Gasteiger partial charge in [-0.15, -0.1) is 0 Å². The Hall–Kier alpha value is -1.91. The van der Waals surface area contributed by atoms with E-state index in [2.05, 4.69) is 5.32 Å². The van der Waals surface area contributed by atoms with Gasteiger partial charge in [-0.1, -0.05) is 18.9 Å². The molecule has 1 aromatic carbocycles. The van der Waals surface area contributed by atoms with Crippen LogP contribution in [0.25, 0.3) is 0 Å². The number of carbonyl (C=O) groups is 1. The molecule has 1 aliphatic rings. The molecule has 5 heteroatoms. The van der Waals surface area contributed by atoms with Crippen LogP contribution in [-0.4, -0.2) is 30.5 Å². The van der Waals surface area contributed by atoms with Crippen molar-refractivity contribution >= 4 is 6.09 Å². The smallest absolute Gasteiger partial charge is 0.404 e. The molecule has 5 nitrogen and oxygen atoms in total.